The van der Waals surface area contributed by atoms with E-state index in [-0.39, 0.29) is 5.91 Å². The van der Waals surface area contributed by atoms with E-state index in [2.05, 4.69) is 20.4 Å². The Bertz CT molecular complexity index is 515. The monoisotopic (exact) mass is 247 g/mol. The molecule has 0 radical (unpaired) electrons. The SMILES string of the molecule is CCc1cc(C(=O)NCc2ncc[nH]2)n(CC)n1. The molecule has 0 spiro atoms. The van der Waals surface area contributed by atoms with Crippen molar-refractivity contribution in [1.29, 1.82) is 0 Å². The third kappa shape index (κ3) is 2.58. The number of imidazole rings is 1. The Morgan fingerprint density at radius 1 is 1.50 bits per heavy atom. The van der Waals surface area contributed by atoms with Crippen molar-refractivity contribution in [3.8, 4) is 0 Å². The normalized spacial score (nSPS) is 10.6. The molecular formula is C12H17N5O. The maximum absolute atomic E-state index is 12.0. The summed E-state index contributed by atoms with van der Waals surface area (Å²) >= 11 is 0. The van der Waals surface area contributed by atoms with E-state index in [0.29, 0.717) is 18.8 Å². The molecule has 0 aliphatic carbocycles. The molecule has 0 aliphatic heterocycles. The Morgan fingerprint density at radius 3 is 2.94 bits per heavy atom. The van der Waals surface area contributed by atoms with E-state index >= 15 is 0 Å². The number of aromatic amines is 1. The van der Waals surface area contributed by atoms with Crippen molar-refractivity contribution in [2.24, 2.45) is 0 Å². The molecule has 0 fully saturated rings. The predicted molar refractivity (Wildman–Crippen MR) is 67.0 cm³/mol. The molecule has 6 heteroatoms. The Balaban J connectivity index is 2.06. The highest BCUT2D eigenvalue weighted by Crippen LogP contribution is 2.05. The van der Waals surface area contributed by atoms with E-state index in [4.69, 9.17) is 0 Å². The lowest BCUT2D eigenvalue weighted by molar-refractivity contribution is 0.0939. The highest BCUT2D eigenvalue weighted by Gasteiger charge is 2.13. The molecule has 2 N–H and O–H groups in total. The van der Waals surface area contributed by atoms with E-state index in [9.17, 15) is 4.79 Å². The van der Waals surface area contributed by atoms with Crippen LogP contribution in [0, 0.1) is 0 Å². The van der Waals surface area contributed by atoms with Gasteiger partial charge in [-0.25, -0.2) is 4.98 Å². The van der Waals surface area contributed by atoms with E-state index in [1.807, 2.05) is 19.9 Å². The van der Waals surface area contributed by atoms with Crippen LogP contribution in [0.15, 0.2) is 18.5 Å². The molecule has 0 bridgehead atoms. The van der Waals surface area contributed by atoms with Crippen molar-refractivity contribution in [3.63, 3.8) is 0 Å². The molecule has 2 rings (SSSR count). The minimum Gasteiger partial charge on any atom is -0.347 e. The summed E-state index contributed by atoms with van der Waals surface area (Å²) in [5.41, 5.74) is 1.53. The molecular weight excluding hydrogens is 230 g/mol. The summed E-state index contributed by atoms with van der Waals surface area (Å²) in [6.07, 6.45) is 4.21. The van der Waals surface area contributed by atoms with Gasteiger partial charge in [-0.2, -0.15) is 5.10 Å². The summed E-state index contributed by atoms with van der Waals surface area (Å²) in [6.45, 7) is 5.06. The standard InChI is InChI=1S/C12H17N5O/c1-3-9-7-10(17(4-2)16-9)12(18)15-8-11-13-5-6-14-11/h5-7H,3-4,8H2,1-2H3,(H,13,14)(H,15,18). The number of hydrogen-bond donors (Lipinski definition) is 2. The largest absolute Gasteiger partial charge is 0.347 e. The van der Waals surface area contributed by atoms with Crippen molar-refractivity contribution in [1.82, 2.24) is 25.1 Å². The van der Waals surface area contributed by atoms with Crippen LogP contribution >= 0.6 is 0 Å². The molecule has 0 atom stereocenters. The first kappa shape index (κ1) is 12.3. The summed E-state index contributed by atoms with van der Waals surface area (Å²) in [7, 11) is 0. The van der Waals surface area contributed by atoms with Gasteiger partial charge in [-0.1, -0.05) is 6.92 Å². The molecule has 1 amide bonds. The first-order valence-electron chi connectivity index (χ1n) is 6.07. The Morgan fingerprint density at radius 2 is 2.33 bits per heavy atom. The fourth-order valence-electron chi connectivity index (χ4n) is 1.72. The van der Waals surface area contributed by atoms with Gasteiger partial charge in [-0.05, 0) is 19.4 Å². The molecule has 6 nitrogen and oxygen atoms in total. The number of aryl methyl sites for hydroxylation is 2. The van der Waals surface area contributed by atoms with Crippen LogP contribution in [-0.2, 0) is 19.5 Å². The van der Waals surface area contributed by atoms with Gasteiger partial charge >= 0.3 is 0 Å². The minimum atomic E-state index is -0.125. The average molecular weight is 247 g/mol. The van der Waals surface area contributed by atoms with Gasteiger partial charge in [-0.15, -0.1) is 0 Å². The smallest absolute Gasteiger partial charge is 0.269 e. The number of H-pyrrole nitrogens is 1. The molecule has 0 saturated heterocycles. The molecule has 0 aliphatic rings. The Kier molecular flexibility index (Phi) is 3.76. The zero-order valence-corrected chi connectivity index (χ0v) is 10.6. The second kappa shape index (κ2) is 5.48. The average Bonchev–Trinajstić information content (AvgIpc) is 3.04. The van der Waals surface area contributed by atoms with E-state index in [1.54, 1.807) is 17.1 Å². The maximum Gasteiger partial charge on any atom is 0.269 e. The highest BCUT2D eigenvalue weighted by atomic mass is 16.2. The number of hydrogen-bond acceptors (Lipinski definition) is 3. The molecule has 2 aromatic rings. The zero-order valence-electron chi connectivity index (χ0n) is 10.6. The summed E-state index contributed by atoms with van der Waals surface area (Å²) in [5, 5.41) is 7.17. The van der Waals surface area contributed by atoms with Gasteiger partial charge in [0.15, 0.2) is 0 Å². The van der Waals surface area contributed by atoms with Gasteiger partial charge in [0, 0.05) is 18.9 Å². The predicted octanol–water partition coefficient (Wildman–Crippen LogP) is 1.12. The number of nitrogens with one attached hydrogen (secondary N) is 2. The van der Waals surface area contributed by atoms with E-state index in [0.717, 1.165) is 17.9 Å². The van der Waals surface area contributed by atoms with Crippen molar-refractivity contribution >= 4 is 5.91 Å². The lowest BCUT2D eigenvalue weighted by Crippen LogP contribution is -2.26. The third-order valence-electron chi connectivity index (χ3n) is 2.70. The third-order valence-corrected chi connectivity index (χ3v) is 2.70. The quantitative estimate of drug-likeness (QED) is 0.831. The van der Waals surface area contributed by atoms with Crippen molar-refractivity contribution in [2.45, 2.75) is 33.4 Å². The minimum absolute atomic E-state index is 0.125. The van der Waals surface area contributed by atoms with Crippen LogP contribution in [0.2, 0.25) is 0 Å². The van der Waals surface area contributed by atoms with Crippen LogP contribution in [-0.4, -0.2) is 25.7 Å². The molecule has 2 aromatic heterocycles. The number of carbonyl (C=O) groups excluding carboxylic acids is 1. The maximum atomic E-state index is 12.0. The van der Waals surface area contributed by atoms with Crippen molar-refractivity contribution < 1.29 is 4.79 Å². The van der Waals surface area contributed by atoms with E-state index < -0.39 is 0 Å². The number of rotatable bonds is 5. The van der Waals surface area contributed by atoms with Gasteiger partial charge in [0.2, 0.25) is 0 Å². The van der Waals surface area contributed by atoms with Crippen LogP contribution < -0.4 is 5.32 Å². The second-order valence-corrected chi connectivity index (χ2v) is 3.91. The molecule has 96 valence electrons. The topological polar surface area (TPSA) is 75.6 Å². The first-order valence-corrected chi connectivity index (χ1v) is 6.07. The Hall–Kier alpha value is -2.11. The molecule has 18 heavy (non-hydrogen) atoms. The van der Waals surface area contributed by atoms with Crippen LogP contribution in [0.1, 0.15) is 35.9 Å². The summed E-state index contributed by atoms with van der Waals surface area (Å²) in [5.74, 6) is 0.613. The van der Waals surface area contributed by atoms with Crippen LogP contribution in [0.5, 0.6) is 0 Å². The summed E-state index contributed by atoms with van der Waals surface area (Å²) in [4.78, 5) is 19.0. The van der Waals surface area contributed by atoms with Gasteiger partial charge in [0.1, 0.15) is 11.5 Å². The van der Waals surface area contributed by atoms with Crippen LogP contribution in [0.25, 0.3) is 0 Å². The van der Waals surface area contributed by atoms with Crippen molar-refractivity contribution in [3.05, 3.63) is 35.7 Å². The van der Waals surface area contributed by atoms with Crippen molar-refractivity contribution in [2.75, 3.05) is 0 Å². The number of carbonyl (C=O) groups is 1. The lowest BCUT2D eigenvalue weighted by atomic mass is 10.3. The number of nitrogens with zero attached hydrogens (tertiary/aromatic N) is 3. The zero-order chi connectivity index (χ0) is 13.0. The van der Waals surface area contributed by atoms with Gasteiger partial charge in [0.25, 0.3) is 5.91 Å². The lowest BCUT2D eigenvalue weighted by Gasteiger charge is -2.04. The first-order chi connectivity index (χ1) is 8.74. The van der Waals surface area contributed by atoms with Crippen LogP contribution in [0.3, 0.4) is 0 Å². The summed E-state index contributed by atoms with van der Waals surface area (Å²) < 4.78 is 1.72. The fraction of sp³-hybridized carbons (Fsp3) is 0.417. The second-order valence-electron chi connectivity index (χ2n) is 3.91. The van der Waals surface area contributed by atoms with Crippen LogP contribution in [0.4, 0.5) is 0 Å². The number of aromatic nitrogens is 4. The number of amides is 1. The highest BCUT2D eigenvalue weighted by molar-refractivity contribution is 5.92. The fourth-order valence-corrected chi connectivity index (χ4v) is 1.72. The molecule has 2 heterocycles. The van der Waals surface area contributed by atoms with E-state index in [1.165, 1.54) is 0 Å². The molecule has 0 unspecified atom stereocenters. The van der Waals surface area contributed by atoms with Gasteiger partial charge in [-0.3, -0.25) is 9.48 Å². The van der Waals surface area contributed by atoms with Gasteiger partial charge < -0.3 is 10.3 Å². The molecule has 0 saturated carbocycles. The Labute approximate surface area is 105 Å². The summed E-state index contributed by atoms with van der Waals surface area (Å²) in [6, 6.07) is 1.83. The molecule has 0 aromatic carbocycles. The van der Waals surface area contributed by atoms with Gasteiger partial charge in [0.05, 0.1) is 12.2 Å².